The zero-order valence-corrected chi connectivity index (χ0v) is 16.8. The number of β-lactam (4-membered cyclic amide) rings is 1. The molecule has 2 aliphatic heterocycles. The number of nitrogens with one attached hydrogen (secondary N) is 1. The fourth-order valence-electron chi connectivity index (χ4n) is 3.15. The van der Waals surface area contributed by atoms with E-state index in [0.717, 1.165) is 11.0 Å². The number of carboxylic acids is 1. The van der Waals surface area contributed by atoms with Crippen LogP contribution in [0, 0.1) is 0 Å². The number of carbonyl (C=O) groups is 4. The van der Waals surface area contributed by atoms with Gasteiger partial charge in [0.1, 0.15) is 17.1 Å². The molecular formula is C20H20N2O7S. The molecular weight excluding hydrogens is 412 g/mol. The Morgan fingerprint density at radius 3 is 2.67 bits per heavy atom. The number of esters is 1. The van der Waals surface area contributed by atoms with Gasteiger partial charge in [0.25, 0.3) is 11.8 Å². The van der Waals surface area contributed by atoms with Crippen molar-refractivity contribution in [3.05, 3.63) is 59.3 Å². The first-order chi connectivity index (χ1) is 14.3. The third kappa shape index (κ3) is 4.24. The monoisotopic (exact) mass is 432 g/mol. The number of benzene rings is 1. The molecule has 10 heteroatoms. The number of nitrogens with zero attached hydrogens (tertiary/aromatic N) is 1. The number of aliphatic carboxylic acids is 1. The second kappa shape index (κ2) is 9.14. The molecule has 3 N–H and O–H groups in total. The number of carboxylic acid groups (broad SMARTS) is 1. The Morgan fingerprint density at radius 1 is 1.33 bits per heavy atom. The van der Waals surface area contributed by atoms with Crippen LogP contribution in [0.1, 0.15) is 18.6 Å². The minimum Gasteiger partial charge on any atom is -0.477 e. The topological polar surface area (TPSA) is 133 Å². The van der Waals surface area contributed by atoms with Crippen molar-refractivity contribution < 1.29 is 34.1 Å². The second-order valence-corrected chi connectivity index (χ2v) is 7.58. The number of aliphatic hydroxyl groups excluding tert-OH is 1. The second-order valence-electron chi connectivity index (χ2n) is 6.47. The molecule has 3 atom stereocenters. The number of hydrogen-bond acceptors (Lipinski definition) is 7. The summed E-state index contributed by atoms with van der Waals surface area (Å²) in [5.74, 6) is -3.04. The van der Waals surface area contributed by atoms with Gasteiger partial charge in [-0.2, -0.15) is 0 Å². The first kappa shape index (κ1) is 21.6. The molecule has 3 unspecified atom stereocenters. The van der Waals surface area contributed by atoms with Gasteiger partial charge in [0.2, 0.25) is 0 Å². The van der Waals surface area contributed by atoms with Crippen molar-refractivity contribution in [2.45, 2.75) is 24.4 Å². The lowest BCUT2D eigenvalue weighted by molar-refractivity contribution is -0.151. The maximum Gasteiger partial charge on any atom is 0.352 e. The number of fused-ring (bicyclic) bond motifs is 1. The first-order valence-electron chi connectivity index (χ1n) is 9.14. The van der Waals surface area contributed by atoms with E-state index in [0.29, 0.717) is 11.1 Å². The van der Waals surface area contributed by atoms with Gasteiger partial charge in [0.05, 0.1) is 6.61 Å². The lowest BCUT2D eigenvalue weighted by Crippen LogP contribution is -2.70. The van der Waals surface area contributed by atoms with E-state index in [9.17, 15) is 29.4 Å². The standard InChI is InChI=1S/C20H20N2O7S/c1-2-29-13(23)9-8-12-10-30-19-14(18(26)22(19)15(12)20(27)28)21-17(25)16(24)11-6-4-3-5-7-11/h3-9,14,16,19,24H,2,10H2,1H3,(H,21,25)(H,27,28)/b9-8+. The summed E-state index contributed by atoms with van der Waals surface area (Å²) in [5, 5.41) is 21.7. The Morgan fingerprint density at radius 2 is 2.03 bits per heavy atom. The van der Waals surface area contributed by atoms with Crippen molar-refractivity contribution in [1.29, 1.82) is 0 Å². The first-order valence-corrected chi connectivity index (χ1v) is 10.2. The van der Waals surface area contributed by atoms with E-state index < -0.39 is 41.3 Å². The predicted octanol–water partition coefficient (Wildman–Crippen LogP) is 0.578. The average molecular weight is 432 g/mol. The zero-order chi connectivity index (χ0) is 21.8. The number of amides is 2. The molecule has 0 radical (unpaired) electrons. The van der Waals surface area contributed by atoms with Crippen LogP contribution in [0.2, 0.25) is 0 Å². The van der Waals surface area contributed by atoms with Crippen LogP contribution in [0.5, 0.6) is 0 Å². The molecule has 2 aliphatic rings. The summed E-state index contributed by atoms with van der Waals surface area (Å²) in [6.45, 7) is 1.84. The van der Waals surface area contributed by atoms with Gasteiger partial charge in [0, 0.05) is 11.8 Å². The van der Waals surface area contributed by atoms with Crippen LogP contribution >= 0.6 is 11.8 Å². The van der Waals surface area contributed by atoms with Gasteiger partial charge in [-0.15, -0.1) is 11.8 Å². The lowest BCUT2D eigenvalue weighted by Gasteiger charge is -2.49. The molecule has 2 amide bonds. The molecule has 1 aromatic carbocycles. The van der Waals surface area contributed by atoms with Crippen LogP contribution in [0.15, 0.2) is 53.8 Å². The molecule has 0 spiro atoms. The maximum absolute atomic E-state index is 12.6. The highest BCUT2D eigenvalue weighted by molar-refractivity contribution is 8.00. The van der Waals surface area contributed by atoms with Crippen molar-refractivity contribution in [3.63, 3.8) is 0 Å². The van der Waals surface area contributed by atoms with E-state index in [1.54, 1.807) is 37.3 Å². The zero-order valence-electron chi connectivity index (χ0n) is 16.0. The lowest BCUT2D eigenvalue weighted by atomic mass is 10.0. The summed E-state index contributed by atoms with van der Waals surface area (Å²) in [7, 11) is 0. The van der Waals surface area contributed by atoms with Crippen LogP contribution in [0.4, 0.5) is 0 Å². The highest BCUT2D eigenvalue weighted by atomic mass is 32.2. The molecule has 30 heavy (non-hydrogen) atoms. The van der Waals surface area contributed by atoms with Crippen molar-refractivity contribution in [2.75, 3.05) is 12.4 Å². The number of aliphatic hydroxyl groups is 1. The summed E-state index contributed by atoms with van der Waals surface area (Å²) in [5.41, 5.74) is 0.435. The van der Waals surface area contributed by atoms with Crippen molar-refractivity contribution in [2.24, 2.45) is 0 Å². The number of allylic oxidation sites excluding steroid dienone is 1. The minimum absolute atomic E-state index is 0.186. The number of thioether (sulfide) groups is 1. The highest BCUT2D eigenvalue weighted by Crippen LogP contribution is 2.40. The number of rotatable bonds is 7. The summed E-state index contributed by atoms with van der Waals surface area (Å²) >= 11 is 1.25. The van der Waals surface area contributed by atoms with Gasteiger partial charge in [-0.25, -0.2) is 9.59 Å². The van der Waals surface area contributed by atoms with Crippen LogP contribution in [-0.2, 0) is 23.9 Å². The Bertz CT molecular complexity index is 928. The quantitative estimate of drug-likeness (QED) is 0.324. The van der Waals surface area contributed by atoms with Gasteiger partial charge in [-0.1, -0.05) is 30.3 Å². The predicted molar refractivity (Wildman–Crippen MR) is 107 cm³/mol. The van der Waals surface area contributed by atoms with E-state index >= 15 is 0 Å². The van der Waals surface area contributed by atoms with E-state index in [1.165, 1.54) is 17.8 Å². The van der Waals surface area contributed by atoms with Crippen molar-refractivity contribution in [1.82, 2.24) is 10.2 Å². The van der Waals surface area contributed by atoms with Crippen molar-refractivity contribution in [3.8, 4) is 0 Å². The van der Waals surface area contributed by atoms with Gasteiger partial charge in [-0.05, 0) is 24.1 Å². The van der Waals surface area contributed by atoms with Crippen LogP contribution in [0.3, 0.4) is 0 Å². The molecule has 3 rings (SSSR count). The summed E-state index contributed by atoms with van der Waals surface area (Å²) in [6, 6.07) is 7.31. The summed E-state index contributed by atoms with van der Waals surface area (Å²) < 4.78 is 4.78. The van der Waals surface area contributed by atoms with Crippen LogP contribution in [-0.4, -0.2) is 62.6 Å². The highest BCUT2D eigenvalue weighted by Gasteiger charge is 2.54. The van der Waals surface area contributed by atoms with E-state index in [-0.39, 0.29) is 18.1 Å². The minimum atomic E-state index is -1.45. The number of ether oxygens (including phenoxy) is 1. The normalized spacial score (nSPS) is 21.7. The largest absolute Gasteiger partial charge is 0.477 e. The van der Waals surface area contributed by atoms with Gasteiger partial charge >= 0.3 is 11.9 Å². The molecule has 1 fully saturated rings. The third-order valence-electron chi connectivity index (χ3n) is 4.57. The molecule has 0 saturated carbocycles. The number of carbonyl (C=O) groups excluding carboxylic acids is 3. The van der Waals surface area contributed by atoms with Crippen LogP contribution < -0.4 is 5.32 Å². The molecule has 0 bridgehead atoms. The Labute approximate surface area is 176 Å². The third-order valence-corrected chi connectivity index (χ3v) is 5.87. The van der Waals surface area contributed by atoms with E-state index in [1.807, 2.05) is 0 Å². The molecule has 0 aromatic heterocycles. The molecule has 1 saturated heterocycles. The molecule has 9 nitrogen and oxygen atoms in total. The Kier molecular flexibility index (Phi) is 6.58. The molecule has 2 heterocycles. The SMILES string of the molecule is CCOC(=O)/C=C/C1=C(C(=O)O)N2C(=O)C(NC(=O)C(O)c3ccccc3)C2SC1. The van der Waals surface area contributed by atoms with Gasteiger partial charge < -0.3 is 20.3 Å². The van der Waals surface area contributed by atoms with Crippen molar-refractivity contribution >= 4 is 35.5 Å². The maximum atomic E-state index is 12.6. The molecule has 0 aliphatic carbocycles. The summed E-state index contributed by atoms with van der Waals surface area (Å²) in [4.78, 5) is 49.3. The van der Waals surface area contributed by atoms with E-state index in [2.05, 4.69) is 5.32 Å². The summed E-state index contributed by atoms with van der Waals surface area (Å²) in [6.07, 6.45) is 0.991. The average Bonchev–Trinajstić information content (AvgIpc) is 2.75. The molecule has 158 valence electrons. The van der Waals surface area contributed by atoms with Gasteiger partial charge in [0.15, 0.2) is 6.10 Å². The van der Waals surface area contributed by atoms with E-state index in [4.69, 9.17) is 4.74 Å². The van der Waals surface area contributed by atoms with Crippen LogP contribution in [0.25, 0.3) is 0 Å². The number of hydrogen-bond donors (Lipinski definition) is 3. The molecule has 1 aromatic rings. The van der Waals surface area contributed by atoms with Gasteiger partial charge in [-0.3, -0.25) is 14.5 Å². The Hall–Kier alpha value is -3.11. The smallest absolute Gasteiger partial charge is 0.352 e. The Balaban J connectivity index is 1.74. The fourth-order valence-corrected chi connectivity index (χ4v) is 4.47. The fraction of sp³-hybridized carbons (Fsp3) is 0.300.